The second kappa shape index (κ2) is 7.32. The Hall–Kier alpha value is -0.790. The number of amides is 1. The molecule has 64 valence electrons. The van der Waals surface area contributed by atoms with Crippen molar-refractivity contribution in [3.05, 3.63) is 12.3 Å². The molecule has 2 nitrogen and oxygen atoms in total. The van der Waals surface area contributed by atoms with E-state index < -0.39 is 0 Å². The van der Waals surface area contributed by atoms with Gasteiger partial charge in [-0.3, -0.25) is 4.79 Å². The molecule has 1 N–H and O–H groups in total. The lowest BCUT2D eigenvalue weighted by Crippen LogP contribution is -2.15. The maximum atomic E-state index is 10.9. The van der Waals surface area contributed by atoms with Crippen molar-refractivity contribution in [1.29, 1.82) is 0 Å². The smallest absolute Gasteiger partial charge is 0.223 e. The Morgan fingerprint density at radius 3 is 2.73 bits per heavy atom. The lowest BCUT2D eigenvalue weighted by molar-refractivity contribution is -0.120. The molecule has 1 amide bonds. The molecule has 2 heteroatoms. The average molecular weight is 155 g/mol. The summed E-state index contributed by atoms with van der Waals surface area (Å²) < 4.78 is 0. The lowest BCUT2D eigenvalue weighted by atomic mass is 10.2. The van der Waals surface area contributed by atoms with Crippen LogP contribution in [0.3, 0.4) is 0 Å². The molecule has 0 aromatic heterocycles. The number of hydrogen-bond acceptors (Lipinski definition) is 1. The van der Waals surface area contributed by atoms with Gasteiger partial charge in [-0.05, 0) is 19.5 Å². The van der Waals surface area contributed by atoms with Gasteiger partial charge in [0.05, 0.1) is 0 Å². The second-order valence-corrected chi connectivity index (χ2v) is 2.52. The predicted molar refractivity (Wildman–Crippen MR) is 47.1 cm³/mol. The van der Waals surface area contributed by atoms with E-state index in [-0.39, 0.29) is 5.91 Å². The third kappa shape index (κ3) is 7.10. The third-order valence-electron chi connectivity index (χ3n) is 1.42. The first-order valence-corrected chi connectivity index (χ1v) is 4.21. The number of nitrogens with one attached hydrogen (secondary N) is 1. The second-order valence-electron chi connectivity index (χ2n) is 2.52. The van der Waals surface area contributed by atoms with Crippen LogP contribution < -0.4 is 5.32 Å². The quantitative estimate of drug-likeness (QED) is 0.606. The van der Waals surface area contributed by atoms with Crippen molar-refractivity contribution in [1.82, 2.24) is 5.32 Å². The fourth-order valence-electron chi connectivity index (χ4n) is 0.784. The molecule has 11 heavy (non-hydrogen) atoms. The van der Waals surface area contributed by atoms with Crippen LogP contribution in [0.1, 0.15) is 39.5 Å². The SMILES string of the molecule is CC=CNC(=O)CCCCC. The van der Waals surface area contributed by atoms with Crippen LogP contribution >= 0.6 is 0 Å². The fraction of sp³-hybridized carbons (Fsp3) is 0.667. The molecule has 0 aromatic rings. The van der Waals surface area contributed by atoms with Gasteiger partial charge < -0.3 is 5.32 Å². The molecule has 0 heterocycles. The molecule has 0 fully saturated rings. The zero-order valence-electron chi connectivity index (χ0n) is 7.39. The van der Waals surface area contributed by atoms with Crippen LogP contribution in [0.5, 0.6) is 0 Å². The number of hydrogen-bond donors (Lipinski definition) is 1. The number of unbranched alkanes of at least 4 members (excludes halogenated alkanes) is 2. The number of rotatable bonds is 5. The van der Waals surface area contributed by atoms with E-state index in [1.54, 1.807) is 6.20 Å². The average Bonchev–Trinajstić information content (AvgIpc) is 2.01. The van der Waals surface area contributed by atoms with Crippen molar-refractivity contribution in [2.24, 2.45) is 0 Å². The van der Waals surface area contributed by atoms with Crippen LogP contribution in [0.2, 0.25) is 0 Å². The minimum atomic E-state index is 0.122. The first kappa shape index (κ1) is 10.2. The summed E-state index contributed by atoms with van der Waals surface area (Å²) in [6, 6.07) is 0. The van der Waals surface area contributed by atoms with Gasteiger partial charge in [-0.2, -0.15) is 0 Å². The minimum absolute atomic E-state index is 0.122. The summed E-state index contributed by atoms with van der Waals surface area (Å²) in [5.74, 6) is 0.122. The molecule has 0 aliphatic heterocycles. The number of carbonyl (C=O) groups excluding carboxylic acids is 1. The summed E-state index contributed by atoms with van der Waals surface area (Å²) >= 11 is 0. The summed E-state index contributed by atoms with van der Waals surface area (Å²) in [4.78, 5) is 10.9. The molecule has 0 unspecified atom stereocenters. The van der Waals surface area contributed by atoms with E-state index in [2.05, 4.69) is 12.2 Å². The van der Waals surface area contributed by atoms with Crippen molar-refractivity contribution < 1.29 is 4.79 Å². The Morgan fingerprint density at radius 1 is 1.45 bits per heavy atom. The molecule has 0 aromatic carbocycles. The lowest BCUT2D eigenvalue weighted by Gasteiger charge is -1.97. The highest BCUT2D eigenvalue weighted by Crippen LogP contribution is 1.97. The van der Waals surface area contributed by atoms with E-state index >= 15 is 0 Å². The number of allylic oxidation sites excluding steroid dienone is 1. The van der Waals surface area contributed by atoms with E-state index in [0.717, 1.165) is 19.3 Å². The van der Waals surface area contributed by atoms with Gasteiger partial charge in [0.25, 0.3) is 0 Å². The molecule has 0 saturated carbocycles. The monoisotopic (exact) mass is 155 g/mol. The van der Waals surface area contributed by atoms with Gasteiger partial charge in [-0.25, -0.2) is 0 Å². The third-order valence-corrected chi connectivity index (χ3v) is 1.42. The topological polar surface area (TPSA) is 29.1 Å². The van der Waals surface area contributed by atoms with E-state index in [0.29, 0.717) is 6.42 Å². The largest absolute Gasteiger partial charge is 0.333 e. The Kier molecular flexibility index (Phi) is 6.79. The highest BCUT2D eigenvalue weighted by Gasteiger charge is 1.95. The summed E-state index contributed by atoms with van der Waals surface area (Å²) in [5, 5.41) is 2.67. The molecule has 0 radical (unpaired) electrons. The maximum absolute atomic E-state index is 10.9. The van der Waals surface area contributed by atoms with Crippen LogP contribution in [0.25, 0.3) is 0 Å². The molecule has 0 aliphatic carbocycles. The van der Waals surface area contributed by atoms with Crippen LogP contribution in [0.4, 0.5) is 0 Å². The highest BCUT2D eigenvalue weighted by molar-refractivity contribution is 5.76. The first-order chi connectivity index (χ1) is 5.31. The molecule has 0 bridgehead atoms. The summed E-state index contributed by atoms with van der Waals surface area (Å²) in [7, 11) is 0. The van der Waals surface area contributed by atoms with Gasteiger partial charge in [0.2, 0.25) is 5.91 Å². The van der Waals surface area contributed by atoms with E-state index in [1.807, 2.05) is 13.0 Å². The normalized spacial score (nSPS) is 10.4. The summed E-state index contributed by atoms with van der Waals surface area (Å²) in [6.07, 6.45) is 7.45. The first-order valence-electron chi connectivity index (χ1n) is 4.21. The number of carbonyl (C=O) groups is 1. The fourth-order valence-corrected chi connectivity index (χ4v) is 0.784. The van der Waals surface area contributed by atoms with Crippen molar-refractivity contribution in [3.8, 4) is 0 Å². The molecule has 0 aliphatic rings. The summed E-state index contributed by atoms with van der Waals surface area (Å²) in [6.45, 7) is 4.01. The predicted octanol–water partition coefficient (Wildman–Crippen LogP) is 2.22. The van der Waals surface area contributed by atoms with Crippen molar-refractivity contribution >= 4 is 5.91 Å². The van der Waals surface area contributed by atoms with Crippen LogP contribution in [0.15, 0.2) is 12.3 Å². The van der Waals surface area contributed by atoms with E-state index in [4.69, 9.17) is 0 Å². The Labute approximate surface area is 68.7 Å². The van der Waals surface area contributed by atoms with Gasteiger partial charge >= 0.3 is 0 Å². The van der Waals surface area contributed by atoms with Gasteiger partial charge in [-0.15, -0.1) is 0 Å². The van der Waals surface area contributed by atoms with Crippen LogP contribution in [-0.2, 0) is 4.79 Å². The van der Waals surface area contributed by atoms with Gasteiger partial charge in [0.15, 0.2) is 0 Å². The standard InChI is InChI=1S/C9H17NO/c1-3-5-6-7-9(11)10-8-4-2/h4,8H,3,5-7H2,1-2H3,(H,10,11). The van der Waals surface area contributed by atoms with Gasteiger partial charge in [0.1, 0.15) is 0 Å². The minimum Gasteiger partial charge on any atom is -0.333 e. The Balaban J connectivity index is 3.23. The Bertz CT molecular complexity index is 130. The maximum Gasteiger partial charge on any atom is 0.223 e. The Morgan fingerprint density at radius 2 is 2.18 bits per heavy atom. The zero-order chi connectivity index (χ0) is 8.53. The van der Waals surface area contributed by atoms with E-state index in [9.17, 15) is 4.79 Å². The molecular weight excluding hydrogens is 138 g/mol. The molecular formula is C9H17NO. The van der Waals surface area contributed by atoms with Gasteiger partial charge in [0, 0.05) is 6.42 Å². The molecule has 0 spiro atoms. The van der Waals surface area contributed by atoms with Crippen molar-refractivity contribution in [3.63, 3.8) is 0 Å². The van der Waals surface area contributed by atoms with Gasteiger partial charge in [-0.1, -0.05) is 25.8 Å². The van der Waals surface area contributed by atoms with Crippen LogP contribution in [-0.4, -0.2) is 5.91 Å². The van der Waals surface area contributed by atoms with Crippen molar-refractivity contribution in [2.75, 3.05) is 0 Å². The molecule has 0 atom stereocenters. The molecule has 0 rings (SSSR count). The molecule has 0 saturated heterocycles. The van der Waals surface area contributed by atoms with E-state index in [1.165, 1.54) is 0 Å². The highest BCUT2D eigenvalue weighted by atomic mass is 16.1. The summed E-state index contributed by atoms with van der Waals surface area (Å²) in [5.41, 5.74) is 0. The van der Waals surface area contributed by atoms with Crippen molar-refractivity contribution in [2.45, 2.75) is 39.5 Å². The van der Waals surface area contributed by atoms with Crippen LogP contribution in [0, 0.1) is 0 Å². The zero-order valence-corrected chi connectivity index (χ0v) is 7.39.